The summed E-state index contributed by atoms with van der Waals surface area (Å²) in [4.78, 5) is 12.1. The number of benzene rings is 2. The molecular formula is C20H21F3N2O3. The Kier molecular flexibility index (Phi) is 6.08. The number of carbonyl (C=O) groups excluding carboxylic acids is 1. The van der Waals surface area contributed by atoms with Crippen LogP contribution in [0.15, 0.2) is 42.5 Å². The highest BCUT2D eigenvalue weighted by atomic mass is 19.4. The highest BCUT2D eigenvalue weighted by Gasteiger charge is 2.33. The molecule has 1 fully saturated rings. The maximum absolute atomic E-state index is 13.0. The van der Waals surface area contributed by atoms with Gasteiger partial charge in [-0.25, -0.2) is 0 Å². The minimum Gasteiger partial charge on any atom is -0.493 e. The second-order valence-corrected chi connectivity index (χ2v) is 6.52. The number of alkyl halides is 3. The maximum Gasteiger partial charge on any atom is 0.418 e. The van der Waals surface area contributed by atoms with Crippen molar-refractivity contribution >= 4 is 11.6 Å². The summed E-state index contributed by atoms with van der Waals surface area (Å²) >= 11 is 0. The van der Waals surface area contributed by atoms with E-state index >= 15 is 0 Å². The number of halogens is 3. The molecule has 1 saturated carbocycles. The average Bonchev–Trinajstić information content (AvgIpc) is 3.49. The highest BCUT2D eigenvalue weighted by Crippen LogP contribution is 2.34. The molecule has 5 nitrogen and oxygen atoms in total. The molecule has 8 heteroatoms. The molecule has 0 saturated heterocycles. The summed E-state index contributed by atoms with van der Waals surface area (Å²) in [7, 11) is 1.49. The lowest BCUT2D eigenvalue weighted by Crippen LogP contribution is -2.22. The zero-order chi connectivity index (χ0) is 20.1. The third kappa shape index (κ3) is 5.39. The lowest BCUT2D eigenvalue weighted by molar-refractivity contribution is -0.137. The summed E-state index contributed by atoms with van der Waals surface area (Å²) in [5.74, 6) is 0.105. The molecule has 1 aliphatic rings. The van der Waals surface area contributed by atoms with Gasteiger partial charge < -0.3 is 20.1 Å². The Hall–Kier alpha value is -2.74. The Labute approximate surface area is 160 Å². The van der Waals surface area contributed by atoms with Crippen molar-refractivity contribution in [2.24, 2.45) is 0 Å². The number of anilines is 1. The van der Waals surface area contributed by atoms with E-state index in [0.717, 1.165) is 11.6 Å². The summed E-state index contributed by atoms with van der Waals surface area (Å²) in [5.41, 5.74) is -0.204. The van der Waals surface area contributed by atoms with Crippen LogP contribution in [-0.2, 0) is 17.5 Å². The number of carbonyl (C=O) groups is 1. The minimum atomic E-state index is -4.56. The van der Waals surface area contributed by atoms with Crippen LogP contribution in [0.4, 0.5) is 18.9 Å². The average molecular weight is 394 g/mol. The first-order valence-electron chi connectivity index (χ1n) is 8.86. The van der Waals surface area contributed by atoms with Crippen LogP contribution in [-0.4, -0.2) is 25.7 Å². The predicted octanol–water partition coefficient (Wildman–Crippen LogP) is 3.98. The van der Waals surface area contributed by atoms with Gasteiger partial charge in [-0.3, -0.25) is 4.79 Å². The third-order valence-corrected chi connectivity index (χ3v) is 4.27. The van der Waals surface area contributed by atoms with E-state index in [0.29, 0.717) is 24.1 Å². The molecule has 3 rings (SSSR count). The Morgan fingerprint density at radius 1 is 1.14 bits per heavy atom. The predicted molar refractivity (Wildman–Crippen MR) is 98.4 cm³/mol. The normalized spacial score (nSPS) is 13.9. The minimum absolute atomic E-state index is 0.308. The smallest absolute Gasteiger partial charge is 0.418 e. The number of amides is 1. The highest BCUT2D eigenvalue weighted by molar-refractivity contribution is 5.92. The summed E-state index contributed by atoms with van der Waals surface area (Å²) in [6, 6.07) is 10.7. The van der Waals surface area contributed by atoms with Gasteiger partial charge in [-0.1, -0.05) is 18.2 Å². The molecule has 0 spiro atoms. The second kappa shape index (κ2) is 8.52. The molecule has 28 heavy (non-hydrogen) atoms. The van der Waals surface area contributed by atoms with Crippen molar-refractivity contribution in [3.8, 4) is 11.5 Å². The summed E-state index contributed by atoms with van der Waals surface area (Å²) < 4.78 is 49.7. The molecule has 2 aromatic rings. The second-order valence-electron chi connectivity index (χ2n) is 6.52. The Morgan fingerprint density at radius 2 is 1.89 bits per heavy atom. The van der Waals surface area contributed by atoms with Gasteiger partial charge in [0.15, 0.2) is 18.1 Å². The topological polar surface area (TPSA) is 59.6 Å². The van der Waals surface area contributed by atoms with E-state index in [2.05, 4.69) is 10.6 Å². The summed E-state index contributed by atoms with van der Waals surface area (Å²) in [6.45, 7) is 0.262. The molecule has 2 N–H and O–H groups in total. The number of rotatable bonds is 8. The van der Waals surface area contributed by atoms with Crippen molar-refractivity contribution in [3.63, 3.8) is 0 Å². The van der Waals surface area contributed by atoms with Gasteiger partial charge in [-0.05, 0) is 42.7 Å². The molecular weight excluding hydrogens is 373 g/mol. The zero-order valence-electron chi connectivity index (χ0n) is 15.3. The van der Waals surface area contributed by atoms with Crippen LogP contribution in [0.25, 0.3) is 0 Å². The van der Waals surface area contributed by atoms with Crippen LogP contribution in [0, 0.1) is 0 Å². The van der Waals surface area contributed by atoms with Gasteiger partial charge in [-0.15, -0.1) is 0 Å². The van der Waals surface area contributed by atoms with Gasteiger partial charge >= 0.3 is 6.18 Å². The van der Waals surface area contributed by atoms with Crippen molar-refractivity contribution in [3.05, 3.63) is 53.6 Å². The monoisotopic (exact) mass is 394 g/mol. The zero-order valence-corrected chi connectivity index (χ0v) is 15.3. The molecule has 150 valence electrons. The molecule has 0 aromatic heterocycles. The van der Waals surface area contributed by atoms with E-state index in [1.807, 2.05) is 12.1 Å². The Balaban J connectivity index is 1.60. The van der Waals surface area contributed by atoms with Crippen LogP contribution in [0.5, 0.6) is 11.5 Å². The van der Waals surface area contributed by atoms with Crippen molar-refractivity contribution in [1.29, 1.82) is 0 Å². The maximum atomic E-state index is 13.0. The molecule has 2 aromatic carbocycles. The van der Waals surface area contributed by atoms with Crippen LogP contribution in [0.2, 0.25) is 0 Å². The summed E-state index contributed by atoms with van der Waals surface area (Å²) in [5, 5.41) is 5.63. The van der Waals surface area contributed by atoms with E-state index in [1.54, 1.807) is 6.07 Å². The lowest BCUT2D eigenvalue weighted by Gasteiger charge is -2.15. The van der Waals surface area contributed by atoms with Gasteiger partial charge in [0.1, 0.15) is 0 Å². The van der Waals surface area contributed by atoms with Crippen LogP contribution in [0.3, 0.4) is 0 Å². The largest absolute Gasteiger partial charge is 0.493 e. The van der Waals surface area contributed by atoms with Crippen molar-refractivity contribution in [2.45, 2.75) is 31.6 Å². The first-order chi connectivity index (χ1) is 13.4. The van der Waals surface area contributed by atoms with E-state index in [9.17, 15) is 18.0 Å². The Bertz CT molecular complexity index is 836. The van der Waals surface area contributed by atoms with Crippen LogP contribution in [0.1, 0.15) is 24.0 Å². The Morgan fingerprint density at radius 3 is 2.57 bits per heavy atom. The molecule has 0 atom stereocenters. The van der Waals surface area contributed by atoms with Crippen molar-refractivity contribution in [1.82, 2.24) is 5.32 Å². The third-order valence-electron chi connectivity index (χ3n) is 4.27. The molecule has 0 heterocycles. The van der Waals surface area contributed by atoms with Gasteiger partial charge in [0.05, 0.1) is 18.4 Å². The van der Waals surface area contributed by atoms with Gasteiger partial charge in [0, 0.05) is 12.6 Å². The van der Waals surface area contributed by atoms with E-state index in [-0.39, 0.29) is 5.69 Å². The molecule has 0 radical (unpaired) electrons. The molecule has 0 bridgehead atoms. The summed E-state index contributed by atoms with van der Waals surface area (Å²) in [6.07, 6.45) is -2.19. The van der Waals surface area contributed by atoms with E-state index in [4.69, 9.17) is 9.47 Å². The number of hydrogen-bond donors (Lipinski definition) is 2. The van der Waals surface area contributed by atoms with Gasteiger partial charge in [0.2, 0.25) is 0 Å². The number of nitrogens with one attached hydrogen (secondary N) is 2. The van der Waals surface area contributed by atoms with E-state index < -0.39 is 24.3 Å². The first kappa shape index (κ1) is 20.0. The fourth-order valence-electron chi connectivity index (χ4n) is 2.66. The number of methoxy groups -OCH3 is 1. The molecule has 1 amide bonds. The number of hydrogen-bond acceptors (Lipinski definition) is 4. The lowest BCUT2D eigenvalue weighted by atomic mass is 10.1. The number of ether oxygens (including phenoxy) is 2. The fraction of sp³-hybridized carbons (Fsp3) is 0.350. The number of para-hydroxylation sites is 1. The quantitative estimate of drug-likeness (QED) is 0.711. The van der Waals surface area contributed by atoms with Crippen LogP contribution >= 0.6 is 0 Å². The molecule has 1 aliphatic carbocycles. The fourth-order valence-corrected chi connectivity index (χ4v) is 2.66. The van der Waals surface area contributed by atoms with Crippen molar-refractivity contribution < 1.29 is 27.4 Å². The van der Waals surface area contributed by atoms with Crippen molar-refractivity contribution in [2.75, 3.05) is 19.0 Å². The standard InChI is InChI=1S/C20H21F3N2O3/c1-27-18-10-13(11-24-14-7-8-14)6-9-17(18)28-12-19(26)25-16-5-3-2-4-15(16)20(21,22)23/h2-6,9-10,14,24H,7-8,11-12H2,1H3,(H,25,26). The molecule has 0 unspecified atom stereocenters. The van der Waals surface area contributed by atoms with Crippen LogP contribution < -0.4 is 20.1 Å². The van der Waals surface area contributed by atoms with E-state index in [1.165, 1.54) is 38.2 Å². The van der Waals surface area contributed by atoms with Gasteiger partial charge in [-0.2, -0.15) is 13.2 Å². The molecule has 0 aliphatic heterocycles. The first-order valence-corrected chi connectivity index (χ1v) is 8.86. The van der Waals surface area contributed by atoms with Gasteiger partial charge in [0.25, 0.3) is 5.91 Å². The SMILES string of the molecule is COc1cc(CNC2CC2)ccc1OCC(=O)Nc1ccccc1C(F)(F)F.